The van der Waals surface area contributed by atoms with Crippen LogP contribution in [-0.2, 0) is 0 Å². The van der Waals surface area contributed by atoms with Crippen LogP contribution in [0, 0.1) is 123 Å². The molecule has 0 radical (unpaired) electrons. The lowest BCUT2D eigenvalue weighted by atomic mass is 9.27. The molecule has 20 atom stereocenters. The van der Waals surface area contributed by atoms with Crippen LogP contribution in [0.25, 0.3) is 0 Å². The molecular formula is C49H88. The molecule has 0 bridgehead atoms. The molecule has 0 heteroatoms. The first kappa shape index (κ1) is 38.7. The van der Waals surface area contributed by atoms with E-state index >= 15 is 0 Å². The van der Waals surface area contributed by atoms with Crippen molar-refractivity contribution in [1.29, 1.82) is 0 Å². The molecule has 0 aromatic heterocycles. The van der Waals surface area contributed by atoms with E-state index in [1.807, 2.05) is 0 Å². The van der Waals surface area contributed by atoms with Crippen LogP contribution in [0.2, 0.25) is 0 Å². The Labute approximate surface area is 308 Å². The minimum Gasteiger partial charge on any atom is -0.0651 e. The fourth-order valence-corrected chi connectivity index (χ4v) is 18.2. The van der Waals surface area contributed by atoms with Gasteiger partial charge in [0.25, 0.3) is 0 Å². The maximum atomic E-state index is 2.91. The standard InChI is InChI=1S/C49H88/c1-15-30(4)27-43-47(12)28-32(6)44(29(2)3)36(10)49(47,14)37(11)46-34(8)45-33(7)39(23-24-41(45)35(9)48(43,46)13)25-31(5)26-40-21-18-20-38-19-16-17-22-42(38)40/h29-46H,15-28H2,1-14H3. The van der Waals surface area contributed by atoms with Gasteiger partial charge in [-0.3, -0.25) is 0 Å². The first-order valence-electron chi connectivity index (χ1n) is 23.0. The van der Waals surface area contributed by atoms with Gasteiger partial charge in [0.15, 0.2) is 0 Å². The molecule has 49 heavy (non-hydrogen) atoms. The molecule has 6 fully saturated rings. The molecule has 0 saturated heterocycles. The minimum atomic E-state index is 0.403. The summed E-state index contributed by atoms with van der Waals surface area (Å²) in [4.78, 5) is 0. The van der Waals surface area contributed by atoms with Crippen LogP contribution in [-0.4, -0.2) is 0 Å². The number of hydrogen-bond acceptors (Lipinski definition) is 0. The lowest BCUT2D eigenvalue weighted by Crippen LogP contribution is -2.72. The van der Waals surface area contributed by atoms with E-state index in [9.17, 15) is 0 Å². The lowest BCUT2D eigenvalue weighted by molar-refractivity contribution is -0.298. The first-order valence-corrected chi connectivity index (χ1v) is 23.0. The summed E-state index contributed by atoms with van der Waals surface area (Å²) in [7, 11) is 0. The van der Waals surface area contributed by atoms with Crippen LogP contribution in [0.15, 0.2) is 0 Å². The van der Waals surface area contributed by atoms with E-state index in [0.29, 0.717) is 16.2 Å². The molecule has 0 nitrogen and oxygen atoms in total. The monoisotopic (exact) mass is 677 g/mol. The zero-order valence-corrected chi connectivity index (χ0v) is 35.8. The average Bonchev–Trinajstić information content (AvgIpc) is 3.05. The highest BCUT2D eigenvalue weighted by Crippen LogP contribution is 2.79. The number of rotatable bonds is 8. The van der Waals surface area contributed by atoms with Crippen LogP contribution < -0.4 is 0 Å². The van der Waals surface area contributed by atoms with Crippen molar-refractivity contribution in [2.75, 3.05) is 0 Å². The third-order valence-corrected chi connectivity index (χ3v) is 20.6. The SMILES string of the molecule is CCC(C)CC1C2(C)C(C)C3CCC(CC(C)CC4CCCC5CCCCC54)C(C)C3C(C)C2C(C)C2(C)C(C)C(C(C)C)C(C)CC12C. The van der Waals surface area contributed by atoms with Gasteiger partial charge in [-0.1, -0.05) is 142 Å². The topological polar surface area (TPSA) is 0 Å². The maximum absolute atomic E-state index is 2.91. The largest absolute Gasteiger partial charge is 0.0651 e. The fraction of sp³-hybridized carbons (Fsp3) is 1.00. The van der Waals surface area contributed by atoms with E-state index in [4.69, 9.17) is 0 Å². The van der Waals surface area contributed by atoms with Gasteiger partial charge in [-0.15, -0.1) is 0 Å². The van der Waals surface area contributed by atoms with Gasteiger partial charge in [0.05, 0.1) is 0 Å². The van der Waals surface area contributed by atoms with Crippen LogP contribution in [0.3, 0.4) is 0 Å². The molecule has 0 aliphatic heterocycles. The van der Waals surface area contributed by atoms with Gasteiger partial charge in [0.1, 0.15) is 0 Å². The molecule has 0 heterocycles. The van der Waals surface area contributed by atoms with Crippen molar-refractivity contribution in [2.45, 2.75) is 187 Å². The second kappa shape index (κ2) is 14.3. The summed E-state index contributed by atoms with van der Waals surface area (Å²) >= 11 is 0. The van der Waals surface area contributed by atoms with Crippen molar-refractivity contribution in [2.24, 2.45) is 123 Å². The smallest absolute Gasteiger partial charge is 0.0212 e. The third kappa shape index (κ3) is 6.01. The van der Waals surface area contributed by atoms with Gasteiger partial charge in [0, 0.05) is 0 Å². The molecule has 284 valence electrons. The maximum Gasteiger partial charge on any atom is -0.0212 e. The van der Waals surface area contributed by atoms with Gasteiger partial charge in [-0.05, 0) is 168 Å². The van der Waals surface area contributed by atoms with Gasteiger partial charge < -0.3 is 0 Å². The van der Waals surface area contributed by atoms with Crippen molar-refractivity contribution in [1.82, 2.24) is 0 Å². The van der Waals surface area contributed by atoms with Crippen molar-refractivity contribution in [3.63, 3.8) is 0 Å². The quantitative estimate of drug-likeness (QED) is 0.240. The molecule has 6 aliphatic rings. The Balaban J connectivity index is 1.29. The highest BCUT2D eigenvalue weighted by Gasteiger charge is 2.73. The van der Waals surface area contributed by atoms with Crippen LogP contribution in [0.5, 0.6) is 0 Å². The van der Waals surface area contributed by atoms with Gasteiger partial charge in [0.2, 0.25) is 0 Å². The summed E-state index contributed by atoms with van der Waals surface area (Å²) in [5.74, 6) is 16.1. The van der Waals surface area contributed by atoms with E-state index in [1.54, 1.807) is 32.1 Å². The molecule has 0 amide bonds. The van der Waals surface area contributed by atoms with Crippen molar-refractivity contribution < 1.29 is 0 Å². The second-order valence-electron chi connectivity index (χ2n) is 22.5. The average molecular weight is 677 g/mol. The Bertz CT molecular complexity index is 1100. The molecule has 6 aliphatic carbocycles. The zero-order valence-electron chi connectivity index (χ0n) is 35.8. The molecule has 0 spiro atoms. The van der Waals surface area contributed by atoms with E-state index in [-0.39, 0.29) is 0 Å². The molecule has 0 N–H and O–H groups in total. The first-order chi connectivity index (χ1) is 23.0. The number of hydrogen-bond donors (Lipinski definition) is 0. The van der Waals surface area contributed by atoms with Crippen molar-refractivity contribution in [3.8, 4) is 0 Å². The Morgan fingerprint density at radius 2 is 1.27 bits per heavy atom. The highest BCUT2D eigenvalue weighted by atomic mass is 14.8. The summed E-state index contributed by atoms with van der Waals surface area (Å²) in [6.45, 7) is 38.2. The summed E-state index contributed by atoms with van der Waals surface area (Å²) < 4.78 is 0. The molecule has 0 aromatic carbocycles. The highest BCUT2D eigenvalue weighted by molar-refractivity contribution is 5.21. The molecule has 0 aromatic rings. The third-order valence-electron chi connectivity index (χ3n) is 20.6. The van der Waals surface area contributed by atoms with Gasteiger partial charge in [-0.25, -0.2) is 0 Å². The van der Waals surface area contributed by atoms with Crippen LogP contribution in [0.4, 0.5) is 0 Å². The Morgan fingerprint density at radius 1 is 0.612 bits per heavy atom. The summed E-state index contributed by atoms with van der Waals surface area (Å²) in [6.07, 6.45) is 21.2. The Hall–Kier alpha value is 0. The molecule has 6 rings (SSSR count). The predicted octanol–water partition coefficient (Wildman–Crippen LogP) is 14.9. The van der Waals surface area contributed by atoms with E-state index in [1.165, 1.54) is 57.8 Å². The van der Waals surface area contributed by atoms with E-state index in [0.717, 1.165) is 107 Å². The van der Waals surface area contributed by atoms with E-state index < -0.39 is 0 Å². The molecular weight excluding hydrogens is 589 g/mol. The summed E-state index contributed by atoms with van der Waals surface area (Å²) in [5.41, 5.74) is 1.26. The second-order valence-corrected chi connectivity index (χ2v) is 22.5. The molecule has 20 unspecified atom stereocenters. The minimum absolute atomic E-state index is 0.403. The number of fused-ring (bicyclic) bond motifs is 4. The van der Waals surface area contributed by atoms with Gasteiger partial charge in [-0.2, -0.15) is 0 Å². The summed E-state index contributed by atoms with van der Waals surface area (Å²) in [5, 5.41) is 0. The normalized spacial score (nSPS) is 54.3. The predicted molar refractivity (Wildman–Crippen MR) is 214 cm³/mol. The Morgan fingerprint density at radius 3 is 1.94 bits per heavy atom. The molecule has 6 saturated carbocycles. The van der Waals surface area contributed by atoms with Crippen LogP contribution in [0.1, 0.15) is 187 Å². The lowest BCUT2D eigenvalue weighted by Gasteiger charge is -2.77. The zero-order chi connectivity index (χ0) is 35.8. The van der Waals surface area contributed by atoms with Crippen molar-refractivity contribution >= 4 is 0 Å². The van der Waals surface area contributed by atoms with Gasteiger partial charge >= 0.3 is 0 Å². The van der Waals surface area contributed by atoms with Crippen molar-refractivity contribution in [3.05, 3.63) is 0 Å². The van der Waals surface area contributed by atoms with E-state index in [2.05, 4.69) is 96.9 Å². The summed E-state index contributed by atoms with van der Waals surface area (Å²) in [6, 6.07) is 0. The van der Waals surface area contributed by atoms with Crippen LogP contribution >= 0.6 is 0 Å². The Kier molecular flexibility index (Phi) is 11.3. The fourth-order valence-electron chi connectivity index (χ4n) is 18.2.